The van der Waals surface area contributed by atoms with E-state index in [-0.39, 0.29) is 5.91 Å². The summed E-state index contributed by atoms with van der Waals surface area (Å²) in [5.41, 5.74) is 2.19. The van der Waals surface area contributed by atoms with Gasteiger partial charge in [0.25, 0.3) is 5.91 Å². The van der Waals surface area contributed by atoms with E-state index in [1.54, 1.807) is 4.90 Å². The van der Waals surface area contributed by atoms with Crippen molar-refractivity contribution in [1.82, 2.24) is 15.1 Å². The van der Waals surface area contributed by atoms with Crippen LogP contribution >= 0.6 is 0 Å². The number of aromatic amines is 1. The van der Waals surface area contributed by atoms with E-state index in [9.17, 15) is 9.90 Å². The molecule has 2 aromatic rings. The van der Waals surface area contributed by atoms with E-state index in [0.29, 0.717) is 25.4 Å². The lowest BCUT2D eigenvalue weighted by atomic mass is 9.91. The van der Waals surface area contributed by atoms with Crippen LogP contribution in [0.1, 0.15) is 29.9 Å². The first-order chi connectivity index (χ1) is 10.7. The third-order valence-corrected chi connectivity index (χ3v) is 4.35. The Morgan fingerprint density at radius 3 is 2.68 bits per heavy atom. The van der Waals surface area contributed by atoms with Gasteiger partial charge in [0.2, 0.25) is 0 Å². The van der Waals surface area contributed by atoms with Gasteiger partial charge in [-0.05, 0) is 29.9 Å². The lowest BCUT2D eigenvalue weighted by Gasteiger charge is -2.33. The highest BCUT2D eigenvalue weighted by molar-refractivity contribution is 5.81. The van der Waals surface area contributed by atoms with Crippen molar-refractivity contribution in [3.8, 4) is 0 Å². The molecule has 0 unspecified atom stereocenters. The fourth-order valence-electron chi connectivity index (χ4n) is 3.05. The number of aliphatic hydroxyl groups is 1. The first-order valence-corrected chi connectivity index (χ1v) is 7.73. The van der Waals surface area contributed by atoms with E-state index >= 15 is 0 Å². The summed E-state index contributed by atoms with van der Waals surface area (Å²) in [6.45, 7) is 1.39. The predicted octanol–water partition coefficient (Wildman–Crippen LogP) is 1.72. The van der Waals surface area contributed by atoms with Crippen LogP contribution in [0.15, 0.2) is 42.7 Å². The van der Waals surface area contributed by atoms with Crippen molar-refractivity contribution in [3.05, 3.63) is 53.9 Å². The molecule has 2 N–H and O–H groups in total. The largest absolute Gasteiger partial charge is 0.383 e. The number of piperidine rings is 1. The number of aliphatic hydroxyl groups excluding tert-OH is 1. The summed E-state index contributed by atoms with van der Waals surface area (Å²) in [6, 6.07) is 9.63. The second-order valence-corrected chi connectivity index (χ2v) is 5.84. The van der Waals surface area contributed by atoms with E-state index in [2.05, 4.69) is 10.2 Å². The molecule has 22 heavy (non-hydrogen) atoms. The lowest BCUT2D eigenvalue weighted by molar-refractivity contribution is -0.141. The van der Waals surface area contributed by atoms with E-state index in [1.807, 2.05) is 42.7 Å². The molecule has 2 heterocycles. The quantitative estimate of drug-likeness (QED) is 0.903. The number of nitrogens with one attached hydrogen (secondary N) is 1. The van der Waals surface area contributed by atoms with E-state index in [4.69, 9.17) is 0 Å². The molecule has 0 spiro atoms. The SMILES string of the molecule is O=C([C@@H](O)Cc1ccccc1)N1CCC(c2cn[nH]c2)CC1. The highest BCUT2D eigenvalue weighted by atomic mass is 16.3. The van der Waals surface area contributed by atoms with Gasteiger partial charge in [-0.2, -0.15) is 5.10 Å². The zero-order valence-electron chi connectivity index (χ0n) is 12.5. The molecule has 1 fully saturated rings. The molecule has 1 aromatic heterocycles. The topological polar surface area (TPSA) is 69.2 Å². The molecule has 1 aromatic carbocycles. The van der Waals surface area contributed by atoms with Crippen molar-refractivity contribution >= 4 is 5.91 Å². The third kappa shape index (κ3) is 3.36. The minimum absolute atomic E-state index is 0.158. The van der Waals surface area contributed by atoms with Crippen LogP contribution in [0.5, 0.6) is 0 Å². The van der Waals surface area contributed by atoms with Crippen LogP contribution in [0.3, 0.4) is 0 Å². The van der Waals surface area contributed by atoms with Gasteiger partial charge >= 0.3 is 0 Å². The Kier molecular flexibility index (Phi) is 4.53. The van der Waals surface area contributed by atoms with Crippen LogP contribution in [-0.4, -0.2) is 45.3 Å². The zero-order valence-corrected chi connectivity index (χ0v) is 12.5. The Morgan fingerprint density at radius 1 is 1.32 bits per heavy atom. The number of hydrogen-bond acceptors (Lipinski definition) is 3. The fourth-order valence-corrected chi connectivity index (χ4v) is 3.05. The molecule has 0 radical (unpaired) electrons. The summed E-state index contributed by atoms with van der Waals surface area (Å²) in [5.74, 6) is 0.295. The van der Waals surface area contributed by atoms with Crippen molar-refractivity contribution in [2.75, 3.05) is 13.1 Å². The summed E-state index contributed by atoms with van der Waals surface area (Å²) in [7, 11) is 0. The number of H-pyrrole nitrogens is 1. The number of hydrogen-bond donors (Lipinski definition) is 2. The second-order valence-electron chi connectivity index (χ2n) is 5.84. The van der Waals surface area contributed by atoms with Crippen molar-refractivity contribution in [2.45, 2.75) is 31.3 Å². The van der Waals surface area contributed by atoms with Gasteiger partial charge in [0.1, 0.15) is 6.10 Å². The number of carbonyl (C=O) groups is 1. The van der Waals surface area contributed by atoms with E-state index < -0.39 is 6.10 Å². The Bertz CT molecular complexity index is 590. The normalized spacial score (nSPS) is 17.4. The van der Waals surface area contributed by atoms with Crippen LogP contribution in [-0.2, 0) is 11.2 Å². The number of rotatable bonds is 4. The van der Waals surface area contributed by atoms with E-state index in [0.717, 1.165) is 18.4 Å². The van der Waals surface area contributed by atoms with Crippen molar-refractivity contribution < 1.29 is 9.90 Å². The van der Waals surface area contributed by atoms with Gasteiger partial charge in [-0.3, -0.25) is 9.89 Å². The maximum atomic E-state index is 12.4. The number of aromatic nitrogens is 2. The number of nitrogens with zero attached hydrogens (tertiary/aromatic N) is 2. The third-order valence-electron chi connectivity index (χ3n) is 4.35. The minimum Gasteiger partial charge on any atom is -0.383 e. The molecular weight excluding hydrogens is 278 g/mol. The van der Waals surface area contributed by atoms with Crippen LogP contribution in [0.2, 0.25) is 0 Å². The molecular formula is C17H21N3O2. The second kappa shape index (κ2) is 6.75. The van der Waals surface area contributed by atoms with Gasteiger partial charge in [0.15, 0.2) is 0 Å². The Balaban J connectivity index is 1.53. The standard InChI is InChI=1S/C17H21N3O2/c21-16(10-13-4-2-1-3-5-13)17(22)20-8-6-14(7-9-20)15-11-18-19-12-15/h1-5,11-12,14,16,21H,6-10H2,(H,18,19)/t16-/m0/s1. The van der Waals surface area contributed by atoms with Gasteiger partial charge in [-0.1, -0.05) is 30.3 Å². The molecule has 0 saturated carbocycles. The first kappa shape index (κ1) is 14.8. The van der Waals surface area contributed by atoms with Gasteiger partial charge < -0.3 is 10.0 Å². The fraction of sp³-hybridized carbons (Fsp3) is 0.412. The maximum absolute atomic E-state index is 12.4. The maximum Gasteiger partial charge on any atom is 0.251 e. The summed E-state index contributed by atoms with van der Waals surface area (Å²) < 4.78 is 0. The lowest BCUT2D eigenvalue weighted by Crippen LogP contribution is -2.44. The highest BCUT2D eigenvalue weighted by Crippen LogP contribution is 2.27. The predicted molar refractivity (Wildman–Crippen MR) is 83.3 cm³/mol. The van der Waals surface area contributed by atoms with E-state index in [1.165, 1.54) is 5.56 Å². The molecule has 1 aliphatic heterocycles. The Hall–Kier alpha value is -2.14. The van der Waals surface area contributed by atoms with Crippen molar-refractivity contribution in [1.29, 1.82) is 0 Å². The van der Waals surface area contributed by atoms with Gasteiger partial charge in [-0.15, -0.1) is 0 Å². The first-order valence-electron chi connectivity index (χ1n) is 7.73. The van der Waals surface area contributed by atoms with Gasteiger partial charge in [0.05, 0.1) is 6.20 Å². The molecule has 3 rings (SSSR count). The average molecular weight is 299 g/mol. The molecule has 1 aliphatic rings. The summed E-state index contributed by atoms with van der Waals surface area (Å²) in [5, 5.41) is 17.0. The highest BCUT2D eigenvalue weighted by Gasteiger charge is 2.28. The average Bonchev–Trinajstić information content (AvgIpc) is 3.10. The smallest absolute Gasteiger partial charge is 0.251 e. The van der Waals surface area contributed by atoms with Gasteiger partial charge in [-0.25, -0.2) is 0 Å². The molecule has 1 atom stereocenters. The molecule has 5 nitrogen and oxygen atoms in total. The number of benzene rings is 1. The number of carbonyl (C=O) groups excluding carboxylic acids is 1. The molecule has 116 valence electrons. The Morgan fingerprint density at radius 2 is 2.05 bits per heavy atom. The zero-order chi connectivity index (χ0) is 15.4. The minimum atomic E-state index is -0.951. The van der Waals surface area contributed by atoms with Crippen LogP contribution in [0.25, 0.3) is 0 Å². The number of likely N-dealkylation sites (tertiary alicyclic amines) is 1. The summed E-state index contributed by atoms with van der Waals surface area (Å²) >= 11 is 0. The Labute approximate surface area is 130 Å². The molecule has 5 heteroatoms. The van der Waals surface area contributed by atoms with Gasteiger partial charge in [0, 0.05) is 25.7 Å². The van der Waals surface area contributed by atoms with Crippen molar-refractivity contribution in [3.63, 3.8) is 0 Å². The molecule has 1 saturated heterocycles. The molecule has 0 aliphatic carbocycles. The molecule has 0 bridgehead atoms. The molecule has 1 amide bonds. The van der Waals surface area contributed by atoms with Crippen LogP contribution < -0.4 is 0 Å². The summed E-state index contributed by atoms with van der Waals surface area (Å²) in [4.78, 5) is 14.1. The number of amides is 1. The monoisotopic (exact) mass is 299 g/mol. The van der Waals surface area contributed by atoms with Crippen LogP contribution in [0.4, 0.5) is 0 Å². The summed E-state index contributed by atoms with van der Waals surface area (Å²) in [6.07, 6.45) is 5.04. The van der Waals surface area contributed by atoms with Crippen LogP contribution in [0, 0.1) is 0 Å². The van der Waals surface area contributed by atoms with Crippen molar-refractivity contribution in [2.24, 2.45) is 0 Å².